The molecule has 0 fully saturated rings. The Morgan fingerprint density at radius 2 is 2.13 bits per heavy atom. The van der Waals surface area contributed by atoms with E-state index in [9.17, 15) is 4.79 Å². The fourth-order valence-electron chi connectivity index (χ4n) is 1.03. The third-order valence-corrected chi connectivity index (χ3v) is 1.69. The average molecular weight is 203 g/mol. The van der Waals surface area contributed by atoms with Gasteiger partial charge in [0.1, 0.15) is 12.4 Å². The third kappa shape index (κ3) is 3.31. The van der Waals surface area contributed by atoms with Gasteiger partial charge in [0.25, 0.3) is 0 Å². The van der Waals surface area contributed by atoms with Crippen molar-refractivity contribution in [2.75, 3.05) is 11.9 Å². The van der Waals surface area contributed by atoms with Gasteiger partial charge < -0.3 is 10.1 Å². The first-order valence-electron chi connectivity index (χ1n) is 4.54. The van der Waals surface area contributed by atoms with Gasteiger partial charge in [0, 0.05) is 0 Å². The fraction of sp³-hybridized carbons (Fsp3) is 0.0833. The molecule has 3 heteroatoms. The van der Waals surface area contributed by atoms with Gasteiger partial charge in [0.2, 0.25) is 5.91 Å². The van der Waals surface area contributed by atoms with E-state index in [0.717, 1.165) is 0 Å². The van der Waals surface area contributed by atoms with Gasteiger partial charge in [-0.15, -0.1) is 0 Å². The van der Waals surface area contributed by atoms with Crippen molar-refractivity contribution < 1.29 is 9.53 Å². The van der Waals surface area contributed by atoms with Crippen molar-refractivity contribution in [2.24, 2.45) is 0 Å². The van der Waals surface area contributed by atoms with Crippen LogP contribution >= 0.6 is 0 Å². The van der Waals surface area contributed by atoms with E-state index in [1.54, 1.807) is 18.2 Å². The van der Waals surface area contributed by atoms with E-state index in [-0.39, 0.29) is 5.91 Å². The number of para-hydroxylation sites is 2. The van der Waals surface area contributed by atoms with Crippen molar-refractivity contribution >= 4 is 11.6 Å². The van der Waals surface area contributed by atoms with E-state index >= 15 is 0 Å². The first-order valence-corrected chi connectivity index (χ1v) is 4.54. The molecular formula is C12H13NO2. The summed E-state index contributed by atoms with van der Waals surface area (Å²) in [7, 11) is 0. The van der Waals surface area contributed by atoms with Crippen molar-refractivity contribution in [3.63, 3.8) is 0 Å². The Labute approximate surface area is 89.1 Å². The standard InChI is InChI=1S/C12H13NO2/c1-3-9-15-11-8-6-5-7-10(11)13-12(14)4-2/h3-8H,1-2,9H2,(H,13,14). The number of anilines is 1. The molecule has 3 nitrogen and oxygen atoms in total. The highest BCUT2D eigenvalue weighted by Gasteiger charge is 2.03. The average Bonchev–Trinajstić information content (AvgIpc) is 2.28. The molecule has 0 aromatic heterocycles. The quantitative estimate of drug-likeness (QED) is 0.589. The molecule has 1 aromatic carbocycles. The van der Waals surface area contributed by atoms with Gasteiger partial charge in [0.05, 0.1) is 5.69 Å². The van der Waals surface area contributed by atoms with Crippen LogP contribution in [0.25, 0.3) is 0 Å². The Balaban J connectivity index is 2.80. The third-order valence-electron chi connectivity index (χ3n) is 1.69. The smallest absolute Gasteiger partial charge is 0.247 e. The number of benzene rings is 1. The lowest BCUT2D eigenvalue weighted by atomic mass is 10.3. The van der Waals surface area contributed by atoms with Gasteiger partial charge in [-0.05, 0) is 18.2 Å². The van der Waals surface area contributed by atoms with Gasteiger partial charge >= 0.3 is 0 Å². The van der Waals surface area contributed by atoms with Crippen LogP contribution in [0.1, 0.15) is 0 Å². The predicted octanol–water partition coefficient (Wildman–Crippen LogP) is 2.38. The van der Waals surface area contributed by atoms with Gasteiger partial charge in [-0.3, -0.25) is 4.79 Å². The van der Waals surface area contributed by atoms with Crippen LogP contribution in [0.5, 0.6) is 5.75 Å². The second-order valence-electron chi connectivity index (χ2n) is 2.79. The van der Waals surface area contributed by atoms with E-state index < -0.39 is 0 Å². The van der Waals surface area contributed by atoms with E-state index in [2.05, 4.69) is 18.5 Å². The highest BCUT2D eigenvalue weighted by Crippen LogP contribution is 2.23. The number of ether oxygens (including phenoxy) is 1. The number of hydrogen-bond donors (Lipinski definition) is 1. The molecule has 0 bridgehead atoms. The Hall–Kier alpha value is -2.03. The molecule has 0 spiro atoms. The molecule has 0 heterocycles. The Morgan fingerprint density at radius 1 is 1.40 bits per heavy atom. The van der Waals surface area contributed by atoms with Crippen molar-refractivity contribution in [3.05, 3.63) is 49.6 Å². The molecule has 1 rings (SSSR count). The van der Waals surface area contributed by atoms with E-state index in [1.807, 2.05) is 12.1 Å². The van der Waals surface area contributed by atoms with Gasteiger partial charge in [0.15, 0.2) is 0 Å². The molecular weight excluding hydrogens is 190 g/mol. The second kappa shape index (κ2) is 5.65. The molecule has 1 N–H and O–H groups in total. The summed E-state index contributed by atoms with van der Waals surface area (Å²) >= 11 is 0. The highest BCUT2D eigenvalue weighted by molar-refractivity contribution is 5.99. The van der Waals surface area contributed by atoms with Crippen molar-refractivity contribution in [2.45, 2.75) is 0 Å². The Kier molecular flexibility index (Phi) is 4.16. The lowest BCUT2D eigenvalue weighted by Crippen LogP contribution is -2.08. The van der Waals surface area contributed by atoms with Crippen LogP contribution in [0.15, 0.2) is 49.6 Å². The number of carbonyl (C=O) groups excluding carboxylic acids is 1. The predicted molar refractivity (Wildman–Crippen MR) is 61.0 cm³/mol. The number of amides is 1. The molecule has 0 radical (unpaired) electrons. The summed E-state index contributed by atoms with van der Waals surface area (Å²) in [5.41, 5.74) is 0.629. The maximum absolute atomic E-state index is 11.1. The first-order chi connectivity index (χ1) is 7.27. The van der Waals surface area contributed by atoms with Crippen molar-refractivity contribution in [3.8, 4) is 5.75 Å². The Morgan fingerprint density at radius 3 is 2.80 bits per heavy atom. The number of rotatable bonds is 5. The molecule has 15 heavy (non-hydrogen) atoms. The van der Waals surface area contributed by atoms with Crippen molar-refractivity contribution in [1.29, 1.82) is 0 Å². The van der Waals surface area contributed by atoms with E-state index in [4.69, 9.17) is 4.74 Å². The number of nitrogens with one attached hydrogen (secondary N) is 1. The summed E-state index contributed by atoms with van der Waals surface area (Å²) < 4.78 is 5.36. The van der Waals surface area contributed by atoms with Gasteiger partial charge in [-0.1, -0.05) is 31.4 Å². The minimum Gasteiger partial charge on any atom is -0.487 e. The summed E-state index contributed by atoms with van der Waals surface area (Å²) in [6.07, 6.45) is 2.86. The fourth-order valence-corrected chi connectivity index (χ4v) is 1.03. The summed E-state index contributed by atoms with van der Waals surface area (Å²) in [5.74, 6) is 0.359. The zero-order valence-corrected chi connectivity index (χ0v) is 8.40. The maximum atomic E-state index is 11.1. The second-order valence-corrected chi connectivity index (χ2v) is 2.79. The topological polar surface area (TPSA) is 38.3 Å². The van der Waals surface area contributed by atoms with Gasteiger partial charge in [-0.25, -0.2) is 0 Å². The zero-order valence-electron chi connectivity index (χ0n) is 8.40. The molecule has 0 saturated carbocycles. The van der Waals surface area contributed by atoms with E-state index in [0.29, 0.717) is 18.0 Å². The summed E-state index contributed by atoms with van der Waals surface area (Å²) in [5, 5.41) is 2.65. The van der Waals surface area contributed by atoms with Crippen LogP contribution in [0.4, 0.5) is 5.69 Å². The van der Waals surface area contributed by atoms with Gasteiger partial charge in [-0.2, -0.15) is 0 Å². The van der Waals surface area contributed by atoms with Crippen molar-refractivity contribution in [1.82, 2.24) is 0 Å². The van der Waals surface area contributed by atoms with Crippen LogP contribution in [-0.4, -0.2) is 12.5 Å². The summed E-state index contributed by atoms with van der Waals surface area (Å²) in [6, 6.07) is 7.20. The number of carbonyl (C=O) groups is 1. The lowest BCUT2D eigenvalue weighted by Gasteiger charge is -2.09. The molecule has 0 saturated heterocycles. The van der Waals surface area contributed by atoms with Crippen LogP contribution in [-0.2, 0) is 4.79 Å². The molecule has 0 atom stereocenters. The molecule has 78 valence electrons. The molecule has 0 aliphatic carbocycles. The monoisotopic (exact) mass is 203 g/mol. The molecule has 0 aliphatic heterocycles. The maximum Gasteiger partial charge on any atom is 0.247 e. The highest BCUT2D eigenvalue weighted by atomic mass is 16.5. The number of hydrogen-bond acceptors (Lipinski definition) is 2. The summed E-state index contributed by atoms with van der Waals surface area (Å²) in [6.45, 7) is 7.34. The normalized spacial score (nSPS) is 9.07. The van der Waals surface area contributed by atoms with Crippen LogP contribution in [0.3, 0.4) is 0 Å². The van der Waals surface area contributed by atoms with Crippen LogP contribution in [0, 0.1) is 0 Å². The summed E-state index contributed by atoms with van der Waals surface area (Å²) in [4.78, 5) is 11.1. The van der Waals surface area contributed by atoms with Crippen LogP contribution < -0.4 is 10.1 Å². The largest absolute Gasteiger partial charge is 0.487 e. The first kappa shape index (κ1) is 11.0. The minimum absolute atomic E-state index is 0.260. The zero-order chi connectivity index (χ0) is 11.1. The molecule has 0 aliphatic rings. The Bertz CT molecular complexity index is 372. The lowest BCUT2D eigenvalue weighted by molar-refractivity contribution is -0.111. The molecule has 1 aromatic rings. The molecule has 0 unspecified atom stereocenters. The minimum atomic E-state index is -0.260. The van der Waals surface area contributed by atoms with Crippen LogP contribution in [0.2, 0.25) is 0 Å². The molecule has 1 amide bonds. The van der Waals surface area contributed by atoms with E-state index in [1.165, 1.54) is 6.08 Å². The SMILES string of the molecule is C=CCOc1ccccc1NC(=O)C=C.